The molecular formula is C12H16BFN2O3. The topological polar surface area (TPSA) is 74.4 Å². The number of carbonyl (C=O) groups excluding carboxylic acids is 1. The van der Waals surface area contributed by atoms with Crippen molar-refractivity contribution in [1.29, 1.82) is 0 Å². The quantitative estimate of drug-likeness (QED) is 0.796. The lowest BCUT2D eigenvalue weighted by molar-refractivity contribution is 0.00578. The highest BCUT2D eigenvalue weighted by atomic mass is 19.1. The molecular weight excluding hydrogens is 250 g/mol. The van der Waals surface area contributed by atoms with Crippen LogP contribution in [0, 0.1) is 5.82 Å². The van der Waals surface area contributed by atoms with E-state index in [1.165, 1.54) is 6.20 Å². The molecule has 19 heavy (non-hydrogen) atoms. The highest BCUT2D eigenvalue weighted by Gasteiger charge is 2.52. The predicted molar refractivity (Wildman–Crippen MR) is 68.4 cm³/mol. The fourth-order valence-electron chi connectivity index (χ4n) is 1.72. The summed E-state index contributed by atoms with van der Waals surface area (Å²) < 4.78 is 25.4. The van der Waals surface area contributed by atoms with Crippen molar-refractivity contribution in [2.75, 3.05) is 0 Å². The Labute approximate surface area is 111 Å². The largest absolute Gasteiger partial charge is 0.499 e. The molecule has 0 aliphatic carbocycles. The molecule has 1 aromatic heterocycles. The molecule has 0 spiro atoms. The normalized spacial score (nSPS) is 20.6. The molecule has 0 saturated carbocycles. The highest BCUT2D eigenvalue weighted by molar-refractivity contribution is 6.62. The standard InChI is InChI=1S/C12H16BFN2O3/c1-11(2)12(3,4)19-13(18-11)7-6-16-9(10(15)17)5-8(7)14/h5-6H,1-4H3,(H2,15,17). The molecule has 0 aromatic carbocycles. The molecule has 0 atom stereocenters. The number of nitrogens with zero attached hydrogens (tertiary/aromatic N) is 1. The lowest BCUT2D eigenvalue weighted by Gasteiger charge is -2.32. The number of carbonyl (C=O) groups is 1. The van der Waals surface area contributed by atoms with Gasteiger partial charge < -0.3 is 15.0 Å². The van der Waals surface area contributed by atoms with Crippen LogP contribution in [-0.2, 0) is 9.31 Å². The Balaban J connectivity index is 2.33. The third-order valence-corrected chi connectivity index (χ3v) is 3.64. The summed E-state index contributed by atoms with van der Waals surface area (Å²) in [6, 6.07) is 0.989. The first-order chi connectivity index (χ1) is 8.64. The van der Waals surface area contributed by atoms with E-state index >= 15 is 0 Å². The van der Waals surface area contributed by atoms with E-state index in [0.717, 1.165) is 6.07 Å². The number of primary amides is 1. The Morgan fingerprint density at radius 2 is 1.84 bits per heavy atom. The van der Waals surface area contributed by atoms with E-state index in [1.54, 1.807) is 0 Å². The van der Waals surface area contributed by atoms with Crippen LogP contribution in [0.4, 0.5) is 4.39 Å². The highest BCUT2D eigenvalue weighted by Crippen LogP contribution is 2.36. The zero-order valence-corrected chi connectivity index (χ0v) is 11.4. The van der Waals surface area contributed by atoms with Crippen LogP contribution < -0.4 is 11.2 Å². The van der Waals surface area contributed by atoms with Gasteiger partial charge in [0.2, 0.25) is 0 Å². The molecule has 5 nitrogen and oxygen atoms in total. The number of halogens is 1. The van der Waals surface area contributed by atoms with Gasteiger partial charge in [-0.25, -0.2) is 4.39 Å². The molecule has 1 aliphatic rings. The van der Waals surface area contributed by atoms with E-state index < -0.39 is 30.0 Å². The van der Waals surface area contributed by atoms with Crippen molar-refractivity contribution < 1.29 is 18.5 Å². The van der Waals surface area contributed by atoms with Crippen LogP contribution in [0.2, 0.25) is 0 Å². The van der Waals surface area contributed by atoms with E-state index in [0.29, 0.717) is 0 Å². The number of amides is 1. The van der Waals surface area contributed by atoms with Gasteiger partial charge in [-0.2, -0.15) is 0 Å². The van der Waals surface area contributed by atoms with Crippen molar-refractivity contribution in [1.82, 2.24) is 4.98 Å². The molecule has 1 fully saturated rings. The Morgan fingerprint density at radius 1 is 1.32 bits per heavy atom. The summed E-state index contributed by atoms with van der Waals surface area (Å²) in [7, 11) is -0.848. The molecule has 0 radical (unpaired) electrons. The molecule has 0 unspecified atom stereocenters. The number of rotatable bonds is 2. The van der Waals surface area contributed by atoms with Gasteiger partial charge in [0.05, 0.1) is 11.2 Å². The second kappa shape index (κ2) is 4.28. The van der Waals surface area contributed by atoms with Gasteiger partial charge in [0.1, 0.15) is 11.5 Å². The fraction of sp³-hybridized carbons (Fsp3) is 0.500. The van der Waals surface area contributed by atoms with Crippen molar-refractivity contribution in [3.8, 4) is 0 Å². The molecule has 2 N–H and O–H groups in total. The first kappa shape index (κ1) is 14.0. The summed E-state index contributed by atoms with van der Waals surface area (Å²) in [4.78, 5) is 14.7. The van der Waals surface area contributed by atoms with Gasteiger partial charge in [0, 0.05) is 17.7 Å². The van der Waals surface area contributed by atoms with Crippen LogP contribution in [0.25, 0.3) is 0 Å². The molecule has 0 bridgehead atoms. The molecule has 2 rings (SSSR count). The summed E-state index contributed by atoms with van der Waals surface area (Å²) in [5.41, 5.74) is 3.94. The smallest absolute Gasteiger partial charge is 0.399 e. The maximum Gasteiger partial charge on any atom is 0.499 e. The molecule has 1 saturated heterocycles. The third kappa shape index (κ3) is 2.35. The molecule has 1 amide bonds. The second-order valence-corrected chi connectivity index (χ2v) is 5.54. The SMILES string of the molecule is CC1(C)OB(c2cnc(C(N)=O)cc2F)OC1(C)C. The number of nitrogens with two attached hydrogens (primary N) is 1. The lowest BCUT2D eigenvalue weighted by atomic mass is 9.80. The Morgan fingerprint density at radius 3 is 2.26 bits per heavy atom. The van der Waals surface area contributed by atoms with Crippen molar-refractivity contribution in [3.63, 3.8) is 0 Å². The van der Waals surface area contributed by atoms with Crippen LogP contribution in [0.5, 0.6) is 0 Å². The van der Waals surface area contributed by atoms with Crippen LogP contribution in [0.3, 0.4) is 0 Å². The maximum atomic E-state index is 14.0. The second-order valence-electron chi connectivity index (χ2n) is 5.54. The van der Waals surface area contributed by atoms with Gasteiger partial charge in [-0.3, -0.25) is 9.78 Å². The first-order valence-corrected chi connectivity index (χ1v) is 5.95. The Kier molecular flexibility index (Phi) is 3.14. The zero-order valence-electron chi connectivity index (χ0n) is 11.4. The lowest BCUT2D eigenvalue weighted by Crippen LogP contribution is -2.41. The summed E-state index contributed by atoms with van der Waals surface area (Å²) in [6.45, 7) is 7.48. The van der Waals surface area contributed by atoms with Gasteiger partial charge in [0.15, 0.2) is 0 Å². The first-order valence-electron chi connectivity index (χ1n) is 5.95. The van der Waals surface area contributed by atoms with Gasteiger partial charge in [0.25, 0.3) is 5.91 Å². The Bertz CT molecular complexity index is 518. The summed E-state index contributed by atoms with van der Waals surface area (Å²) in [6.07, 6.45) is 1.22. The van der Waals surface area contributed by atoms with E-state index in [9.17, 15) is 9.18 Å². The van der Waals surface area contributed by atoms with E-state index in [1.807, 2.05) is 27.7 Å². The van der Waals surface area contributed by atoms with Crippen molar-refractivity contribution in [2.45, 2.75) is 38.9 Å². The number of hydrogen-bond donors (Lipinski definition) is 1. The summed E-state index contributed by atoms with van der Waals surface area (Å²) >= 11 is 0. The molecule has 2 heterocycles. The maximum absolute atomic E-state index is 14.0. The minimum absolute atomic E-state index is 0.127. The number of hydrogen-bond acceptors (Lipinski definition) is 4. The van der Waals surface area contributed by atoms with E-state index in [4.69, 9.17) is 15.0 Å². The molecule has 1 aromatic rings. The van der Waals surface area contributed by atoms with Crippen molar-refractivity contribution in [2.24, 2.45) is 5.73 Å². The number of pyridine rings is 1. The zero-order chi connectivity index (χ0) is 14.4. The van der Waals surface area contributed by atoms with Crippen LogP contribution in [0.1, 0.15) is 38.2 Å². The van der Waals surface area contributed by atoms with Crippen molar-refractivity contribution >= 4 is 18.5 Å². The van der Waals surface area contributed by atoms with Crippen LogP contribution >= 0.6 is 0 Å². The van der Waals surface area contributed by atoms with Crippen molar-refractivity contribution in [3.05, 3.63) is 23.8 Å². The molecule has 102 valence electrons. The minimum atomic E-state index is -0.848. The average molecular weight is 266 g/mol. The average Bonchev–Trinajstić information content (AvgIpc) is 2.47. The minimum Gasteiger partial charge on any atom is -0.399 e. The van der Waals surface area contributed by atoms with Crippen LogP contribution in [-0.4, -0.2) is 29.2 Å². The van der Waals surface area contributed by atoms with E-state index in [2.05, 4.69) is 4.98 Å². The van der Waals surface area contributed by atoms with E-state index in [-0.39, 0.29) is 11.2 Å². The molecule has 7 heteroatoms. The fourth-order valence-corrected chi connectivity index (χ4v) is 1.72. The number of aromatic nitrogens is 1. The molecule has 1 aliphatic heterocycles. The van der Waals surface area contributed by atoms with Gasteiger partial charge in [-0.1, -0.05) is 0 Å². The van der Waals surface area contributed by atoms with Gasteiger partial charge in [-0.05, 0) is 27.7 Å². The third-order valence-electron chi connectivity index (χ3n) is 3.64. The summed E-state index contributed by atoms with van der Waals surface area (Å²) in [5, 5.41) is 0. The summed E-state index contributed by atoms with van der Waals surface area (Å²) in [5.74, 6) is -1.40. The predicted octanol–water partition coefficient (Wildman–Crippen LogP) is 0.619. The van der Waals surface area contributed by atoms with Crippen LogP contribution in [0.15, 0.2) is 12.3 Å². The van der Waals surface area contributed by atoms with Gasteiger partial charge >= 0.3 is 7.12 Å². The Hall–Kier alpha value is -1.47. The van der Waals surface area contributed by atoms with Gasteiger partial charge in [-0.15, -0.1) is 0 Å². The monoisotopic (exact) mass is 266 g/mol.